The molecule has 2 saturated heterocycles. The molecule has 0 aromatic carbocycles. The van der Waals surface area contributed by atoms with Gasteiger partial charge in [0, 0.05) is 38.8 Å². The maximum Gasteiger partial charge on any atom is 0.272 e. The number of pyridine rings is 1. The first kappa shape index (κ1) is 15.8. The average molecular weight is 324 g/mol. The Kier molecular flexibility index (Phi) is 4.25. The molecule has 1 unspecified atom stereocenters. The summed E-state index contributed by atoms with van der Waals surface area (Å²) in [5.41, 5.74) is 0.365. The first-order valence-electron chi connectivity index (χ1n) is 7.57. The quantitative estimate of drug-likeness (QED) is 0.853. The molecule has 6 nitrogen and oxygen atoms in total. The second-order valence-corrected chi connectivity index (χ2v) is 5.83. The molecule has 3 heterocycles. The fourth-order valence-electron chi connectivity index (χ4n) is 2.89. The number of alkyl halides is 2. The van der Waals surface area contributed by atoms with Gasteiger partial charge in [0.25, 0.3) is 11.8 Å². The van der Waals surface area contributed by atoms with Gasteiger partial charge in [0.1, 0.15) is 5.69 Å². The number of hydrogen-bond acceptors (Lipinski definition) is 4. The van der Waals surface area contributed by atoms with Crippen molar-refractivity contribution in [2.45, 2.75) is 18.4 Å². The third-order valence-electron chi connectivity index (χ3n) is 4.17. The Balaban J connectivity index is 1.54. The predicted octanol–water partition coefficient (Wildman–Crippen LogP) is 0.363. The fourth-order valence-corrected chi connectivity index (χ4v) is 2.89. The van der Waals surface area contributed by atoms with Crippen molar-refractivity contribution < 1.29 is 18.4 Å². The first-order chi connectivity index (χ1) is 11.0. The van der Waals surface area contributed by atoms with Crippen LogP contribution >= 0.6 is 0 Å². The van der Waals surface area contributed by atoms with Crippen LogP contribution in [-0.4, -0.2) is 71.3 Å². The zero-order chi connectivity index (χ0) is 16.4. The molecule has 1 aromatic heterocycles. The molecule has 2 aliphatic heterocycles. The Bertz CT molecular complexity index is 588. The summed E-state index contributed by atoms with van der Waals surface area (Å²) in [6.07, 6.45) is 1.10. The molecular formula is C15H18F2N4O2. The van der Waals surface area contributed by atoms with E-state index in [-0.39, 0.29) is 11.8 Å². The van der Waals surface area contributed by atoms with Crippen LogP contribution in [0.5, 0.6) is 0 Å². The highest BCUT2D eigenvalue weighted by Crippen LogP contribution is 2.26. The van der Waals surface area contributed by atoms with E-state index >= 15 is 0 Å². The molecule has 1 atom stereocenters. The lowest BCUT2D eigenvalue weighted by atomic mass is 10.1. The number of carbonyl (C=O) groups excluding carboxylic acids is 2. The standard InChI is InChI=1S/C15H18F2N4O2/c16-15(17)9-12(19-10-15)14(23)21-7-5-20(6-8-21)13(22)11-3-1-2-4-18-11/h1-4,12,19H,5-10H2. The summed E-state index contributed by atoms with van der Waals surface area (Å²) < 4.78 is 26.4. The van der Waals surface area contributed by atoms with Gasteiger partial charge in [0.15, 0.2) is 0 Å². The molecule has 1 N–H and O–H groups in total. The van der Waals surface area contributed by atoms with Gasteiger partial charge in [-0.1, -0.05) is 6.07 Å². The minimum atomic E-state index is -2.82. The van der Waals surface area contributed by atoms with E-state index < -0.39 is 24.9 Å². The number of halogens is 2. The Morgan fingerprint density at radius 2 is 1.87 bits per heavy atom. The van der Waals surface area contributed by atoms with Crippen molar-refractivity contribution >= 4 is 11.8 Å². The van der Waals surface area contributed by atoms with Gasteiger partial charge in [-0.2, -0.15) is 0 Å². The number of carbonyl (C=O) groups is 2. The van der Waals surface area contributed by atoms with Crippen molar-refractivity contribution in [1.29, 1.82) is 0 Å². The van der Waals surface area contributed by atoms with Gasteiger partial charge in [-0.3, -0.25) is 19.9 Å². The topological polar surface area (TPSA) is 65.5 Å². The van der Waals surface area contributed by atoms with Crippen molar-refractivity contribution in [2.24, 2.45) is 0 Å². The maximum absolute atomic E-state index is 13.2. The van der Waals surface area contributed by atoms with Gasteiger partial charge in [0.2, 0.25) is 5.91 Å². The van der Waals surface area contributed by atoms with E-state index in [4.69, 9.17) is 0 Å². The Labute approximate surface area is 132 Å². The van der Waals surface area contributed by atoms with Crippen LogP contribution in [0.25, 0.3) is 0 Å². The van der Waals surface area contributed by atoms with Gasteiger partial charge >= 0.3 is 0 Å². The molecule has 23 heavy (non-hydrogen) atoms. The molecule has 0 saturated carbocycles. The highest BCUT2D eigenvalue weighted by Gasteiger charge is 2.43. The molecule has 0 spiro atoms. The largest absolute Gasteiger partial charge is 0.338 e. The lowest BCUT2D eigenvalue weighted by Crippen LogP contribution is -2.54. The summed E-state index contributed by atoms with van der Waals surface area (Å²) in [4.78, 5) is 31.7. The maximum atomic E-state index is 13.2. The van der Waals surface area contributed by atoms with E-state index in [1.54, 1.807) is 34.2 Å². The molecular weight excluding hydrogens is 306 g/mol. The number of nitrogens with one attached hydrogen (secondary N) is 1. The molecule has 2 amide bonds. The molecule has 2 aliphatic rings. The van der Waals surface area contributed by atoms with E-state index in [9.17, 15) is 18.4 Å². The first-order valence-corrected chi connectivity index (χ1v) is 7.57. The normalized spacial score (nSPS) is 23.8. The lowest BCUT2D eigenvalue weighted by Gasteiger charge is -2.35. The molecule has 0 radical (unpaired) electrons. The molecule has 124 valence electrons. The molecule has 2 fully saturated rings. The highest BCUT2D eigenvalue weighted by molar-refractivity contribution is 5.92. The fraction of sp³-hybridized carbons (Fsp3) is 0.533. The van der Waals surface area contributed by atoms with Gasteiger partial charge in [-0.15, -0.1) is 0 Å². The minimum Gasteiger partial charge on any atom is -0.338 e. The monoisotopic (exact) mass is 324 g/mol. The van der Waals surface area contributed by atoms with E-state index in [0.29, 0.717) is 31.9 Å². The SMILES string of the molecule is O=C(c1ccccn1)N1CCN(C(=O)C2CC(F)(F)CN2)CC1. The van der Waals surface area contributed by atoms with Crippen molar-refractivity contribution in [1.82, 2.24) is 20.1 Å². The van der Waals surface area contributed by atoms with Crippen LogP contribution in [0.2, 0.25) is 0 Å². The number of rotatable bonds is 2. The third-order valence-corrected chi connectivity index (χ3v) is 4.17. The molecule has 0 bridgehead atoms. The van der Waals surface area contributed by atoms with Gasteiger partial charge in [0.05, 0.1) is 12.6 Å². The highest BCUT2D eigenvalue weighted by atomic mass is 19.3. The van der Waals surface area contributed by atoms with Crippen molar-refractivity contribution in [2.75, 3.05) is 32.7 Å². The third kappa shape index (κ3) is 3.47. The second-order valence-electron chi connectivity index (χ2n) is 5.83. The summed E-state index contributed by atoms with van der Waals surface area (Å²) in [6.45, 7) is 0.998. The van der Waals surface area contributed by atoms with Crippen LogP contribution in [0.15, 0.2) is 24.4 Å². The molecule has 8 heteroatoms. The number of nitrogens with zero attached hydrogens (tertiary/aromatic N) is 3. The van der Waals surface area contributed by atoms with Gasteiger partial charge in [-0.25, -0.2) is 8.78 Å². The lowest BCUT2D eigenvalue weighted by molar-refractivity contribution is -0.135. The second kappa shape index (κ2) is 6.19. The summed E-state index contributed by atoms with van der Waals surface area (Å²) in [7, 11) is 0. The summed E-state index contributed by atoms with van der Waals surface area (Å²) in [5.74, 6) is -3.31. The van der Waals surface area contributed by atoms with E-state index in [1.165, 1.54) is 0 Å². The van der Waals surface area contributed by atoms with Crippen LogP contribution in [-0.2, 0) is 4.79 Å². The number of hydrogen-bond donors (Lipinski definition) is 1. The predicted molar refractivity (Wildman–Crippen MR) is 78.1 cm³/mol. The van der Waals surface area contributed by atoms with Crippen LogP contribution in [0.4, 0.5) is 8.78 Å². The van der Waals surface area contributed by atoms with Crippen LogP contribution in [0.1, 0.15) is 16.9 Å². The van der Waals surface area contributed by atoms with Crippen LogP contribution < -0.4 is 5.32 Å². The van der Waals surface area contributed by atoms with Crippen molar-refractivity contribution in [3.05, 3.63) is 30.1 Å². The van der Waals surface area contributed by atoms with Crippen molar-refractivity contribution in [3.8, 4) is 0 Å². The average Bonchev–Trinajstić information content (AvgIpc) is 2.94. The Hall–Kier alpha value is -2.09. The number of aromatic nitrogens is 1. The van der Waals surface area contributed by atoms with Crippen LogP contribution in [0, 0.1) is 0 Å². The summed E-state index contributed by atoms with van der Waals surface area (Å²) in [6, 6.07) is 4.29. The van der Waals surface area contributed by atoms with Crippen LogP contribution in [0.3, 0.4) is 0 Å². The van der Waals surface area contributed by atoms with E-state index in [0.717, 1.165) is 0 Å². The molecule has 1 aromatic rings. The zero-order valence-corrected chi connectivity index (χ0v) is 12.5. The number of piperazine rings is 1. The molecule has 0 aliphatic carbocycles. The smallest absolute Gasteiger partial charge is 0.272 e. The van der Waals surface area contributed by atoms with E-state index in [1.807, 2.05) is 0 Å². The Morgan fingerprint density at radius 3 is 2.43 bits per heavy atom. The minimum absolute atomic E-state index is 0.178. The van der Waals surface area contributed by atoms with Crippen molar-refractivity contribution in [3.63, 3.8) is 0 Å². The summed E-state index contributed by atoms with van der Waals surface area (Å²) in [5, 5.41) is 2.57. The molecule has 3 rings (SSSR count). The number of amides is 2. The van der Waals surface area contributed by atoms with E-state index in [2.05, 4.69) is 10.3 Å². The van der Waals surface area contributed by atoms with Gasteiger partial charge in [-0.05, 0) is 12.1 Å². The zero-order valence-electron chi connectivity index (χ0n) is 12.5. The van der Waals surface area contributed by atoms with Gasteiger partial charge < -0.3 is 9.80 Å². The Morgan fingerprint density at radius 1 is 1.17 bits per heavy atom. The summed E-state index contributed by atoms with van der Waals surface area (Å²) >= 11 is 0.